The van der Waals surface area contributed by atoms with E-state index in [1.807, 2.05) is 52.0 Å². The number of rotatable bonds is 7. The van der Waals surface area contributed by atoms with Crippen molar-refractivity contribution in [1.29, 1.82) is 0 Å². The van der Waals surface area contributed by atoms with E-state index in [-0.39, 0.29) is 18.6 Å². The van der Waals surface area contributed by atoms with E-state index in [0.717, 1.165) is 39.3 Å². The fourth-order valence-corrected chi connectivity index (χ4v) is 3.18. The van der Waals surface area contributed by atoms with Crippen molar-refractivity contribution in [2.24, 2.45) is 0 Å². The van der Waals surface area contributed by atoms with Crippen molar-refractivity contribution >= 4 is 5.91 Å². The van der Waals surface area contributed by atoms with Crippen molar-refractivity contribution in [1.82, 2.24) is 5.32 Å². The number of amides is 1. The van der Waals surface area contributed by atoms with Gasteiger partial charge in [-0.05, 0) is 79.6 Å². The largest absolute Gasteiger partial charge is 0.496 e. The van der Waals surface area contributed by atoms with Gasteiger partial charge in [0.15, 0.2) is 6.61 Å². The van der Waals surface area contributed by atoms with E-state index in [9.17, 15) is 4.79 Å². The smallest absolute Gasteiger partial charge is 0.258 e. The van der Waals surface area contributed by atoms with Crippen LogP contribution < -0.4 is 14.8 Å². The number of hydrogen-bond acceptors (Lipinski definition) is 3. The molecule has 1 atom stereocenters. The van der Waals surface area contributed by atoms with Crippen LogP contribution in [0.5, 0.6) is 11.5 Å². The Morgan fingerprint density at radius 1 is 0.963 bits per heavy atom. The van der Waals surface area contributed by atoms with Gasteiger partial charge in [-0.15, -0.1) is 0 Å². The van der Waals surface area contributed by atoms with Crippen LogP contribution in [0.4, 0.5) is 0 Å². The van der Waals surface area contributed by atoms with Crippen molar-refractivity contribution in [3.05, 3.63) is 58.1 Å². The predicted molar refractivity (Wildman–Crippen MR) is 110 cm³/mol. The molecule has 0 heterocycles. The minimum Gasteiger partial charge on any atom is -0.496 e. The molecule has 0 aliphatic rings. The molecule has 1 N–H and O–H groups in total. The molecule has 2 aromatic rings. The maximum Gasteiger partial charge on any atom is 0.258 e. The summed E-state index contributed by atoms with van der Waals surface area (Å²) >= 11 is 0. The summed E-state index contributed by atoms with van der Waals surface area (Å²) in [5.74, 6) is 1.85. The van der Waals surface area contributed by atoms with Gasteiger partial charge >= 0.3 is 0 Å². The molecule has 0 aliphatic carbocycles. The molecule has 2 aromatic carbocycles. The molecule has 0 spiro atoms. The molecule has 1 amide bonds. The minimum atomic E-state index is -0.135. The van der Waals surface area contributed by atoms with Crippen molar-refractivity contribution in [3.63, 3.8) is 0 Å². The lowest BCUT2D eigenvalue weighted by Gasteiger charge is -2.21. The first-order chi connectivity index (χ1) is 12.7. The first kappa shape index (κ1) is 20.8. The third-order valence-corrected chi connectivity index (χ3v) is 4.79. The number of nitrogens with one attached hydrogen (secondary N) is 1. The molecule has 0 aliphatic heterocycles. The van der Waals surface area contributed by atoms with E-state index < -0.39 is 0 Å². The lowest BCUT2D eigenvalue weighted by atomic mass is 9.93. The van der Waals surface area contributed by atoms with E-state index >= 15 is 0 Å². The average molecular weight is 370 g/mol. The Balaban J connectivity index is 2.08. The molecule has 0 saturated heterocycles. The van der Waals surface area contributed by atoms with Crippen LogP contribution in [0.1, 0.15) is 60.5 Å². The second-order valence-corrected chi connectivity index (χ2v) is 7.45. The lowest BCUT2D eigenvalue weighted by molar-refractivity contribution is -0.123. The molecule has 4 heteroatoms. The Bertz CT molecular complexity index is 812. The van der Waals surface area contributed by atoms with Crippen LogP contribution in [0, 0.1) is 20.8 Å². The number of benzene rings is 2. The van der Waals surface area contributed by atoms with Crippen LogP contribution in [-0.4, -0.2) is 19.6 Å². The Morgan fingerprint density at radius 2 is 1.67 bits per heavy atom. The number of ether oxygens (including phenoxy) is 2. The van der Waals surface area contributed by atoms with Crippen LogP contribution in [0.25, 0.3) is 0 Å². The normalized spacial score (nSPS) is 12.0. The Kier molecular flexibility index (Phi) is 6.89. The minimum absolute atomic E-state index is 0.000866. The summed E-state index contributed by atoms with van der Waals surface area (Å²) in [7, 11) is 1.69. The highest BCUT2D eigenvalue weighted by atomic mass is 16.5. The first-order valence-corrected chi connectivity index (χ1v) is 9.40. The molecule has 2 rings (SSSR count). The molecule has 146 valence electrons. The van der Waals surface area contributed by atoms with Crippen molar-refractivity contribution in [2.75, 3.05) is 13.7 Å². The highest BCUT2D eigenvalue weighted by Gasteiger charge is 2.17. The summed E-state index contributed by atoms with van der Waals surface area (Å²) in [6, 6.07) is 10.1. The maximum atomic E-state index is 12.4. The highest BCUT2D eigenvalue weighted by molar-refractivity contribution is 5.78. The number of carbonyl (C=O) groups is 1. The van der Waals surface area contributed by atoms with Crippen LogP contribution >= 0.6 is 0 Å². The number of carbonyl (C=O) groups excluding carboxylic acids is 1. The van der Waals surface area contributed by atoms with Gasteiger partial charge in [-0.3, -0.25) is 4.79 Å². The topological polar surface area (TPSA) is 47.6 Å². The molecule has 27 heavy (non-hydrogen) atoms. The van der Waals surface area contributed by atoms with Crippen molar-refractivity contribution in [3.8, 4) is 11.5 Å². The van der Waals surface area contributed by atoms with Gasteiger partial charge in [-0.1, -0.05) is 26.0 Å². The standard InChI is InChI=1S/C23H31NO3/c1-14(2)19-12-20(17(5)11-22(19)26-7)18(6)24-23(25)13-27-21-10-15(3)8-9-16(21)4/h8-12,14,18H,13H2,1-7H3,(H,24,25). The van der Waals surface area contributed by atoms with Gasteiger partial charge in [0, 0.05) is 0 Å². The number of methoxy groups -OCH3 is 1. The molecule has 0 radical (unpaired) electrons. The molecular formula is C23H31NO3. The zero-order valence-electron chi connectivity index (χ0n) is 17.5. The summed E-state index contributed by atoms with van der Waals surface area (Å²) in [5.41, 5.74) is 5.47. The van der Waals surface area contributed by atoms with Gasteiger partial charge in [0.2, 0.25) is 0 Å². The fraction of sp³-hybridized carbons (Fsp3) is 0.435. The van der Waals surface area contributed by atoms with Crippen LogP contribution in [0.3, 0.4) is 0 Å². The average Bonchev–Trinajstić information content (AvgIpc) is 2.61. The highest BCUT2D eigenvalue weighted by Crippen LogP contribution is 2.32. The second kappa shape index (κ2) is 8.94. The number of aryl methyl sites for hydroxylation is 3. The zero-order valence-corrected chi connectivity index (χ0v) is 17.5. The predicted octanol–water partition coefficient (Wildman–Crippen LogP) is 5.00. The van der Waals surface area contributed by atoms with E-state index in [0.29, 0.717) is 5.92 Å². The van der Waals surface area contributed by atoms with E-state index in [1.165, 1.54) is 0 Å². The Hall–Kier alpha value is -2.49. The quantitative estimate of drug-likeness (QED) is 0.747. The lowest BCUT2D eigenvalue weighted by Crippen LogP contribution is -2.31. The zero-order chi connectivity index (χ0) is 20.1. The van der Waals surface area contributed by atoms with Crippen LogP contribution in [0.2, 0.25) is 0 Å². The summed E-state index contributed by atoms with van der Waals surface area (Å²) in [5, 5.41) is 3.04. The van der Waals surface area contributed by atoms with Gasteiger partial charge < -0.3 is 14.8 Å². The molecule has 1 unspecified atom stereocenters. The first-order valence-electron chi connectivity index (χ1n) is 9.40. The van der Waals surface area contributed by atoms with E-state index in [2.05, 4.69) is 25.2 Å². The molecule has 0 bridgehead atoms. The summed E-state index contributed by atoms with van der Waals surface area (Å²) in [6.07, 6.45) is 0. The summed E-state index contributed by atoms with van der Waals surface area (Å²) in [4.78, 5) is 12.4. The van der Waals surface area contributed by atoms with Gasteiger partial charge in [0.05, 0.1) is 13.2 Å². The van der Waals surface area contributed by atoms with Crippen LogP contribution in [-0.2, 0) is 4.79 Å². The second-order valence-electron chi connectivity index (χ2n) is 7.45. The molecule has 4 nitrogen and oxygen atoms in total. The van der Waals surface area contributed by atoms with Gasteiger partial charge in [-0.2, -0.15) is 0 Å². The third-order valence-electron chi connectivity index (χ3n) is 4.79. The number of hydrogen-bond donors (Lipinski definition) is 1. The molecular weight excluding hydrogens is 338 g/mol. The van der Waals surface area contributed by atoms with Gasteiger partial charge in [0.25, 0.3) is 5.91 Å². The van der Waals surface area contributed by atoms with E-state index in [1.54, 1.807) is 7.11 Å². The van der Waals surface area contributed by atoms with Crippen LogP contribution in [0.15, 0.2) is 30.3 Å². The van der Waals surface area contributed by atoms with Gasteiger partial charge in [-0.25, -0.2) is 0 Å². The Labute approximate surface area is 162 Å². The monoisotopic (exact) mass is 369 g/mol. The van der Waals surface area contributed by atoms with Crippen molar-refractivity contribution < 1.29 is 14.3 Å². The third kappa shape index (κ3) is 5.25. The summed E-state index contributed by atoms with van der Waals surface area (Å²) < 4.78 is 11.2. The molecule has 0 fully saturated rings. The van der Waals surface area contributed by atoms with Gasteiger partial charge in [0.1, 0.15) is 11.5 Å². The maximum absolute atomic E-state index is 12.4. The van der Waals surface area contributed by atoms with E-state index in [4.69, 9.17) is 9.47 Å². The van der Waals surface area contributed by atoms with Crippen molar-refractivity contribution in [2.45, 2.75) is 53.5 Å². The summed E-state index contributed by atoms with van der Waals surface area (Å²) in [6.45, 7) is 12.3. The molecule has 0 aromatic heterocycles. The Morgan fingerprint density at radius 3 is 2.30 bits per heavy atom. The fourth-order valence-electron chi connectivity index (χ4n) is 3.18. The SMILES string of the molecule is COc1cc(C)c(C(C)NC(=O)COc2cc(C)ccc2C)cc1C(C)C. The molecule has 0 saturated carbocycles.